The number of carbonyl (C=O) groups is 1. The summed E-state index contributed by atoms with van der Waals surface area (Å²) in [6, 6.07) is 14.9. The van der Waals surface area contributed by atoms with Crippen LogP contribution in [0.2, 0.25) is 0 Å². The molecule has 3 rings (SSSR count). The maximum absolute atomic E-state index is 12.3. The fourth-order valence-electron chi connectivity index (χ4n) is 2.48. The van der Waals surface area contributed by atoms with Crippen LogP contribution >= 0.6 is 11.3 Å². The molecular weight excluding hydrogens is 310 g/mol. The predicted octanol–water partition coefficient (Wildman–Crippen LogP) is 3.37. The Morgan fingerprint density at radius 3 is 2.78 bits per heavy atom. The molecule has 0 aliphatic rings. The number of fused-ring (bicyclic) bond motifs is 1. The number of thiophene rings is 1. The van der Waals surface area contributed by atoms with Crippen molar-refractivity contribution in [2.24, 2.45) is 0 Å². The van der Waals surface area contributed by atoms with Crippen LogP contribution in [0.3, 0.4) is 0 Å². The molecule has 2 aromatic carbocycles. The van der Waals surface area contributed by atoms with Gasteiger partial charge >= 0.3 is 0 Å². The molecule has 2 N–H and O–H groups in total. The van der Waals surface area contributed by atoms with Gasteiger partial charge < -0.3 is 15.2 Å². The van der Waals surface area contributed by atoms with Gasteiger partial charge in [-0.1, -0.05) is 30.3 Å². The predicted molar refractivity (Wildman–Crippen MR) is 92.1 cm³/mol. The lowest BCUT2D eigenvalue weighted by Gasteiger charge is -2.13. The van der Waals surface area contributed by atoms with Gasteiger partial charge in [-0.05, 0) is 29.0 Å². The SMILES string of the molecule is COc1ccccc1C(=O)NC[C@@H](O)c1csc2ccccc12. The van der Waals surface area contributed by atoms with Crippen molar-refractivity contribution < 1.29 is 14.6 Å². The van der Waals surface area contributed by atoms with E-state index >= 15 is 0 Å². The number of hydrogen-bond donors (Lipinski definition) is 2. The van der Waals surface area contributed by atoms with Gasteiger partial charge in [0.1, 0.15) is 5.75 Å². The van der Waals surface area contributed by atoms with Crippen molar-refractivity contribution in [2.45, 2.75) is 6.10 Å². The van der Waals surface area contributed by atoms with Gasteiger partial charge in [0.25, 0.3) is 5.91 Å². The van der Waals surface area contributed by atoms with E-state index in [1.807, 2.05) is 35.7 Å². The lowest BCUT2D eigenvalue weighted by molar-refractivity contribution is 0.0914. The van der Waals surface area contributed by atoms with Crippen LogP contribution in [0, 0.1) is 0 Å². The first-order chi connectivity index (χ1) is 11.2. The van der Waals surface area contributed by atoms with Gasteiger partial charge in [0, 0.05) is 16.8 Å². The third-order valence-corrected chi connectivity index (χ3v) is 4.66. The highest BCUT2D eigenvalue weighted by molar-refractivity contribution is 7.17. The summed E-state index contributed by atoms with van der Waals surface area (Å²) >= 11 is 1.59. The fourth-order valence-corrected chi connectivity index (χ4v) is 3.49. The number of aliphatic hydroxyl groups is 1. The second kappa shape index (κ2) is 6.81. The minimum Gasteiger partial charge on any atom is -0.496 e. The van der Waals surface area contributed by atoms with Gasteiger partial charge in [0.2, 0.25) is 0 Å². The van der Waals surface area contributed by atoms with Gasteiger partial charge in [-0.25, -0.2) is 0 Å². The van der Waals surface area contributed by atoms with Crippen LogP contribution in [-0.4, -0.2) is 24.7 Å². The molecule has 0 spiro atoms. The molecule has 0 bridgehead atoms. The van der Waals surface area contributed by atoms with E-state index in [-0.39, 0.29) is 12.5 Å². The number of carbonyl (C=O) groups excluding carboxylic acids is 1. The molecule has 118 valence electrons. The van der Waals surface area contributed by atoms with E-state index in [1.54, 1.807) is 29.5 Å². The molecule has 0 radical (unpaired) electrons. The molecule has 0 saturated heterocycles. The summed E-state index contributed by atoms with van der Waals surface area (Å²) in [5, 5.41) is 16.1. The lowest BCUT2D eigenvalue weighted by Crippen LogP contribution is -2.28. The number of aliphatic hydroxyl groups excluding tert-OH is 1. The largest absolute Gasteiger partial charge is 0.496 e. The molecule has 0 unspecified atom stereocenters. The first-order valence-electron chi connectivity index (χ1n) is 7.26. The number of rotatable bonds is 5. The summed E-state index contributed by atoms with van der Waals surface area (Å²) < 4.78 is 6.30. The van der Waals surface area contributed by atoms with Crippen LogP contribution in [0.1, 0.15) is 22.0 Å². The zero-order chi connectivity index (χ0) is 16.2. The summed E-state index contributed by atoms with van der Waals surface area (Å²) in [6.07, 6.45) is -0.746. The maximum Gasteiger partial charge on any atom is 0.255 e. The minimum atomic E-state index is -0.746. The van der Waals surface area contributed by atoms with E-state index in [9.17, 15) is 9.90 Å². The Hall–Kier alpha value is -2.37. The number of hydrogen-bond acceptors (Lipinski definition) is 4. The average Bonchev–Trinajstić information content (AvgIpc) is 3.03. The number of nitrogens with one attached hydrogen (secondary N) is 1. The molecule has 1 amide bonds. The van der Waals surface area contributed by atoms with Crippen LogP contribution in [0.5, 0.6) is 5.75 Å². The molecule has 5 heteroatoms. The second-order valence-electron chi connectivity index (χ2n) is 5.11. The monoisotopic (exact) mass is 327 g/mol. The Bertz CT molecular complexity index is 828. The van der Waals surface area contributed by atoms with Gasteiger partial charge in [0.15, 0.2) is 0 Å². The maximum atomic E-state index is 12.3. The molecule has 3 aromatic rings. The lowest BCUT2D eigenvalue weighted by atomic mass is 10.1. The van der Waals surface area contributed by atoms with E-state index in [1.165, 1.54) is 7.11 Å². The summed E-state index contributed by atoms with van der Waals surface area (Å²) in [5.74, 6) is 0.251. The Kier molecular flexibility index (Phi) is 4.60. The van der Waals surface area contributed by atoms with Crippen molar-refractivity contribution in [3.05, 3.63) is 65.0 Å². The number of ether oxygens (including phenoxy) is 1. The Balaban J connectivity index is 1.71. The molecule has 0 saturated carbocycles. The van der Waals surface area contributed by atoms with Crippen molar-refractivity contribution in [1.29, 1.82) is 0 Å². The summed E-state index contributed by atoms with van der Waals surface area (Å²) in [5.41, 5.74) is 1.29. The van der Waals surface area contributed by atoms with Crippen LogP contribution in [0.15, 0.2) is 53.9 Å². The number of benzene rings is 2. The zero-order valence-corrected chi connectivity index (χ0v) is 13.5. The first-order valence-corrected chi connectivity index (χ1v) is 8.14. The topological polar surface area (TPSA) is 58.6 Å². The van der Waals surface area contributed by atoms with Crippen LogP contribution in [0.4, 0.5) is 0 Å². The highest BCUT2D eigenvalue weighted by Crippen LogP contribution is 2.30. The van der Waals surface area contributed by atoms with Crippen molar-refractivity contribution in [2.75, 3.05) is 13.7 Å². The molecule has 1 atom stereocenters. The van der Waals surface area contributed by atoms with Gasteiger partial charge in [-0.3, -0.25) is 4.79 Å². The Labute approximate surface area is 138 Å². The quantitative estimate of drug-likeness (QED) is 0.755. The Morgan fingerprint density at radius 1 is 1.22 bits per heavy atom. The van der Waals surface area contributed by atoms with Crippen LogP contribution in [-0.2, 0) is 0 Å². The highest BCUT2D eigenvalue weighted by atomic mass is 32.1. The normalized spacial score (nSPS) is 12.1. The van der Waals surface area contributed by atoms with Crippen molar-refractivity contribution in [3.8, 4) is 5.75 Å². The molecule has 1 aromatic heterocycles. The molecular formula is C18H17NO3S. The molecule has 4 nitrogen and oxygen atoms in total. The molecule has 23 heavy (non-hydrogen) atoms. The zero-order valence-electron chi connectivity index (χ0n) is 12.7. The minimum absolute atomic E-state index is 0.150. The Morgan fingerprint density at radius 2 is 1.96 bits per heavy atom. The van der Waals surface area contributed by atoms with E-state index < -0.39 is 6.10 Å². The molecule has 0 aliphatic carbocycles. The van der Waals surface area contributed by atoms with E-state index in [2.05, 4.69) is 5.32 Å². The summed E-state index contributed by atoms with van der Waals surface area (Å²) in [4.78, 5) is 12.3. The average molecular weight is 327 g/mol. The van der Waals surface area contributed by atoms with E-state index in [0.29, 0.717) is 11.3 Å². The molecule has 0 aliphatic heterocycles. The van der Waals surface area contributed by atoms with Crippen molar-refractivity contribution >= 4 is 27.3 Å². The number of para-hydroxylation sites is 1. The van der Waals surface area contributed by atoms with Gasteiger partial charge in [-0.2, -0.15) is 0 Å². The fraction of sp³-hybridized carbons (Fsp3) is 0.167. The summed E-state index contributed by atoms with van der Waals surface area (Å²) in [6.45, 7) is 0.150. The first kappa shape index (κ1) is 15.5. The second-order valence-corrected chi connectivity index (χ2v) is 6.02. The van der Waals surface area contributed by atoms with Gasteiger partial charge in [-0.15, -0.1) is 11.3 Å². The van der Waals surface area contributed by atoms with Crippen LogP contribution in [0.25, 0.3) is 10.1 Å². The van der Waals surface area contributed by atoms with Gasteiger partial charge in [0.05, 0.1) is 18.8 Å². The smallest absolute Gasteiger partial charge is 0.255 e. The third kappa shape index (κ3) is 3.21. The van der Waals surface area contributed by atoms with Crippen molar-refractivity contribution in [1.82, 2.24) is 5.32 Å². The number of methoxy groups -OCH3 is 1. The number of amides is 1. The van der Waals surface area contributed by atoms with E-state index in [4.69, 9.17) is 4.74 Å². The molecule has 1 heterocycles. The van der Waals surface area contributed by atoms with Crippen LogP contribution < -0.4 is 10.1 Å². The summed E-state index contributed by atoms with van der Waals surface area (Å²) in [7, 11) is 1.53. The third-order valence-electron chi connectivity index (χ3n) is 3.68. The standard InChI is InChI=1S/C18H17NO3S/c1-22-16-8-4-2-7-13(16)18(21)19-10-15(20)14-11-23-17-9-5-3-6-12(14)17/h2-9,11,15,20H,10H2,1H3,(H,19,21)/t15-/m1/s1. The molecule has 0 fully saturated rings. The van der Waals surface area contributed by atoms with Crippen molar-refractivity contribution in [3.63, 3.8) is 0 Å². The highest BCUT2D eigenvalue weighted by Gasteiger charge is 2.16. The van der Waals surface area contributed by atoms with E-state index in [0.717, 1.165) is 15.6 Å².